The molecule has 0 aromatic rings. The smallest absolute Gasteiger partial charge is 0.248 e. The fourth-order valence-electron chi connectivity index (χ4n) is 9.88. The summed E-state index contributed by atoms with van der Waals surface area (Å²) in [4.78, 5) is 166. The molecule has 0 aromatic heterocycles. The zero-order valence-electron chi connectivity index (χ0n) is 51.1. The average molecular weight is 1150 g/mol. The Morgan fingerprint density at radius 2 is 0.938 bits per heavy atom. The number of nitrogens with two attached hydrogens (primary N) is 1. The van der Waals surface area contributed by atoms with E-state index < -0.39 is 148 Å². The molecule has 25 nitrogen and oxygen atoms in total. The van der Waals surface area contributed by atoms with Crippen LogP contribution in [0.3, 0.4) is 0 Å². The highest BCUT2D eigenvalue weighted by molar-refractivity contribution is 6.01. The fourth-order valence-corrected chi connectivity index (χ4v) is 9.88. The third-order valence-electron chi connectivity index (χ3n) is 14.2. The van der Waals surface area contributed by atoms with E-state index in [0.717, 1.165) is 0 Å². The first-order valence-corrected chi connectivity index (χ1v) is 28.5. The highest BCUT2D eigenvalue weighted by atomic mass is 16.3. The second-order valence-corrected chi connectivity index (χ2v) is 25.4. The van der Waals surface area contributed by atoms with Crippen LogP contribution in [-0.2, 0) is 57.5 Å². The fraction of sp³-hybridized carbons (Fsp3) is 0.786. The number of likely N-dealkylation sites (tertiary alicyclic amines) is 2. The molecule has 2 aliphatic heterocycles. The van der Waals surface area contributed by atoms with E-state index in [9.17, 15) is 62.6 Å². The normalized spacial score (nSPS) is 18.1. The zero-order chi connectivity index (χ0) is 62.2. The van der Waals surface area contributed by atoms with Crippen molar-refractivity contribution in [3.05, 3.63) is 0 Å². The summed E-state index contributed by atoms with van der Waals surface area (Å²) in [7, 11) is 0. The van der Waals surface area contributed by atoms with Gasteiger partial charge in [0, 0.05) is 20.0 Å². The van der Waals surface area contributed by atoms with Crippen LogP contribution in [0.1, 0.15) is 169 Å². The Labute approximate surface area is 478 Å². The summed E-state index contributed by atoms with van der Waals surface area (Å²) in [5.41, 5.74) is 0.653. The quantitative estimate of drug-likeness (QED) is 0.0448. The third-order valence-corrected chi connectivity index (χ3v) is 14.2. The molecule has 0 aromatic carbocycles. The second-order valence-electron chi connectivity index (χ2n) is 25.4. The maximum absolute atomic E-state index is 14.4. The van der Waals surface area contributed by atoms with Gasteiger partial charge in [-0.25, -0.2) is 0 Å². The number of carbonyl (C=O) groups excluding carboxylic acids is 12. The number of hydrogen-bond donors (Lipinski definition) is 11. The van der Waals surface area contributed by atoms with Gasteiger partial charge in [-0.05, 0) is 116 Å². The number of carbonyl (C=O) groups is 12. The number of aliphatic hydroxyl groups excluding tert-OH is 1. The van der Waals surface area contributed by atoms with Crippen LogP contribution in [0.25, 0.3) is 0 Å². The average Bonchev–Trinajstić information content (AvgIpc) is 4.03. The van der Waals surface area contributed by atoms with Gasteiger partial charge in [0.1, 0.15) is 58.9 Å². The number of primary amides is 1. The van der Waals surface area contributed by atoms with Crippen molar-refractivity contribution in [1.29, 1.82) is 0 Å². The van der Waals surface area contributed by atoms with E-state index >= 15 is 0 Å². The Balaban J connectivity index is 2.26. The van der Waals surface area contributed by atoms with Crippen LogP contribution in [0, 0.1) is 29.6 Å². The number of amides is 12. The molecule has 0 saturated carbocycles. The Bertz CT molecular complexity index is 2280. The van der Waals surface area contributed by atoms with Crippen molar-refractivity contribution >= 4 is 70.9 Å². The molecule has 25 heteroatoms. The van der Waals surface area contributed by atoms with Crippen LogP contribution in [-0.4, -0.2) is 170 Å². The maximum atomic E-state index is 14.4. The first kappa shape index (κ1) is 70.7. The highest BCUT2D eigenvalue weighted by Gasteiger charge is 2.46. The number of rotatable bonds is 30. The van der Waals surface area contributed by atoms with Crippen molar-refractivity contribution in [3.8, 4) is 0 Å². The van der Waals surface area contributed by atoms with Crippen molar-refractivity contribution < 1.29 is 62.6 Å². The predicted octanol–water partition coefficient (Wildman–Crippen LogP) is -0.101. The summed E-state index contributed by atoms with van der Waals surface area (Å²) in [6.45, 7) is 28.0. The van der Waals surface area contributed by atoms with E-state index in [1.807, 2.05) is 27.7 Å². The molecule has 12 amide bonds. The summed E-state index contributed by atoms with van der Waals surface area (Å²) >= 11 is 0. The molecule has 81 heavy (non-hydrogen) atoms. The van der Waals surface area contributed by atoms with Crippen molar-refractivity contribution in [3.63, 3.8) is 0 Å². The molecule has 2 heterocycles. The van der Waals surface area contributed by atoms with Crippen LogP contribution < -0.4 is 53.6 Å². The lowest BCUT2D eigenvalue weighted by Gasteiger charge is -2.36. The number of aliphatic hydroxyl groups is 1. The summed E-state index contributed by atoms with van der Waals surface area (Å²) in [5, 5.41) is 34.0. The minimum atomic E-state index is -1.66. The molecular formula is C56H98N12O13. The topological polar surface area (TPSA) is 366 Å². The number of nitrogens with one attached hydrogen (secondary N) is 9. The van der Waals surface area contributed by atoms with Crippen molar-refractivity contribution in [2.45, 2.75) is 234 Å². The van der Waals surface area contributed by atoms with Crippen LogP contribution in [0.15, 0.2) is 0 Å². The van der Waals surface area contributed by atoms with Crippen molar-refractivity contribution in [2.75, 3.05) is 19.7 Å². The van der Waals surface area contributed by atoms with Crippen LogP contribution in [0.2, 0.25) is 0 Å². The number of hydrogen-bond acceptors (Lipinski definition) is 13. The molecule has 2 fully saturated rings. The maximum Gasteiger partial charge on any atom is 0.248 e. The number of nitrogens with zero attached hydrogens (tertiary/aromatic N) is 2. The lowest BCUT2D eigenvalue weighted by atomic mass is 9.96. The Morgan fingerprint density at radius 1 is 0.506 bits per heavy atom. The van der Waals surface area contributed by atoms with E-state index in [0.29, 0.717) is 25.7 Å². The van der Waals surface area contributed by atoms with Gasteiger partial charge in [0.25, 0.3) is 0 Å². The highest BCUT2D eigenvalue weighted by Crippen LogP contribution is 2.25. The molecular weight excluding hydrogens is 1050 g/mol. The van der Waals surface area contributed by atoms with E-state index in [2.05, 4.69) is 47.9 Å². The van der Waals surface area contributed by atoms with Gasteiger partial charge in [0.05, 0.1) is 19.1 Å². The van der Waals surface area contributed by atoms with Gasteiger partial charge in [-0.2, -0.15) is 0 Å². The van der Waals surface area contributed by atoms with Crippen molar-refractivity contribution in [1.82, 2.24) is 57.7 Å². The molecule has 0 radical (unpaired) electrons. The van der Waals surface area contributed by atoms with E-state index in [4.69, 9.17) is 5.73 Å². The second kappa shape index (κ2) is 30.6. The molecule has 2 rings (SSSR count). The Hall–Kier alpha value is -6.40. The minimum Gasteiger partial charge on any atom is -0.394 e. The summed E-state index contributed by atoms with van der Waals surface area (Å²) in [6.07, 6.45) is 1.67. The van der Waals surface area contributed by atoms with E-state index in [1.54, 1.807) is 41.5 Å². The van der Waals surface area contributed by atoms with Gasteiger partial charge in [-0.15, -0.1) is 0 Å². The molecule has 0 bridgehead atoms. The van der Waals surface area contributed by atoms with Crippen LogP contribution >= 0.6 is 0 Å². The molecule has 0 aliphatic carbocycles. The monoisotopic (exact) mass is 1150 g/mol. The van der Waals surface area contributed by atoms with Gasteiger partial charge in [0.2, 0.25) is 70.9 Å². The van der Waals surface area contributed by atoms with Gasteiger partial charge in [-0.3, -0.25) is 57.5 Å². The van der Waals surface area contributed by atoms with Crippen LogP contribution in [0.5, 0.6) is 0 Å². The lowest BCUT2D eigenvalue weighted by Crippen LogP contribution is -2.65. The van der Waals surface area contributed by atoms with Gasteiger partial charge in [0.15, 0.2) is 0 Å². The van der Waals surface area contributed by atoms with Crippen molar-refractivity contribution in [2.24, 2.45) is 35.3 Å². The van der Waals surface area contributed by atoms with Gasteiger partial charge in [-0.1, -0.05) is 69.2 Å². The molecule has 2 aliphatic rings. The lowest BCUT2D eigenvalue weighted by molar-refractivity contribution is -0.146. The first-order chi connectivity index (χ1) is 37.3. The molecule has 0 spiro atoms. The minimum absolute atomic E-state index is 0.0634. The Morgan fingerprint density at radius 3 is 1.41 bits per heavy atom. The summed E-state index contributed by atoms with van der Waals surface area (Å²) in [6, 6.07) is -8.65. The van der Waals surface area contributed by atoms with Gasteiger partial charge < -0.3 is 68.5 Å². The SMILES string of the molecule is CC(=O)NC(C)(C)C(=O)N[C@@H](CC(N)=O)C(=O)N[C@@H](CC(C)C)C(=O)N[C@@H](CC(C)C)C(=O)NC(C)(C)C(=O)N1CCC[C@H]1C(=O)N[C@H](C(=O)NC(C)(C)C(=O)N[C@H](C(=O)N1CCC[C@H]1C(=O)N[C@H](CO)CC(C)C)C(C)C)C(C)C. The predicted molar refractivity (Wildman–Crippen MR) is 302 cm³/mol. The first-order valence-electron chi connectivity index (χ1n) is 28.5. The molecule has 460 valence electrons. The summed E-state index contributed by atoms with van der Waals surface area (Å²) in [5.74, 6) is -9.32. The molecule has 2 saturated heterocycles. The molecule has 0 unspecified atom stereocenters. The van der Waals surface area contributed by atoms with E-state index in [1.165, 1.54) is 58.3 Å². The third kappa shape index (κ3) is 21.5. The zero-order valence-corrected chi connectivity index (χ0v) is 51.1. The van der Waals surface area contributed by atoms with Gasteiger partial charge >= 0.3 is 0 Å². The molecule has 12 N–H and O–H groups in total. The molecule has 8 atom stereocenters. The summed E-state index contributed by atoms with van der Waals surface area (Å²) < 4.78 is 0. The van der Waals surface area contributed by atoms with E-state index in [-0.39, 0.29) is 62.6 Å². The Kier molecular flexibility index (Phi) is 26.7. The van der Waals surface area contributed by atoms with Crippen LogP contribution in [0.4, 0.5) is 0 Å². The standard InChI is InChI=1S/C56H98N12O13/c1-29(2)24-35(28-69)58-47(75)39-20-18-22-67(39)50(78)43(33(9)10)63-52(80)55(14,15)66-49(77)42(32(7)8)62-48(76)40-21-19-23-68(40)53(81)56(16,17)65-46(74)37(26-31(5)6)60-44(72)36(25-30(3)4)59-45(73)38(27-41(57)71)61-51(79)54(12,13)64-34(11)70/h29-33,35-40,42-43,69H,18-28H2,1-17H3,(H2,57,71)(H,58,75)(H,59,73)(H,60,72)(H,61,79)(H,62,76)(H,63,80)(H,64,70)(H,65,74)(H,66,77)/t35-,36-,37-,38-,39-,40-,42-,43-/m0/s1. The largest absolute Gasteiger partial charge is 0.394 e.